The average molecular weight is 294 g/mol. The van der Waals surface area contributed by atoms with Gasteiger partial charge < -0.3 is 19.7 Å². The number of aliphatic hydroxyl groups is 2. The number of hydrogen-bond donors (Lipinski definition) is 2. The lowest BCUT2D eigenvalue weighted by atomic mass is 10.4. The fraction of sp³-hybridized carbons (Fsp3) is 0.800. The normalized spacial score (nSPS) is 7.75. The van der Waals surface area contributed by atoms with Crippen LogP contribution in [0.25, 0.3) is 0 Å². The molecule has 0 heterocycles. The fourth-order valence-electron chi connectivity index (χ4n) is 0.405. The van der Waals surface area contributed by atoms with Crippen LogP contribution in [0.3, 0.4) is 0 Å². The Labute approximate surface area is 124 Å². The molecule has 0 aromatic rings. The van der Waals surface area contributed by atoms with Crippen molar-refractivity contribution in [1.29, 1.82) is 0 Å². The van der Waals surface area contributed by atoms with Crippen molar-refractivity contribution >= 4 is 5.97 Å². The largest absolute Gasteiger partial charge is 0.463 e. The van der Waals surface area contributed by atoms with Crippen LogP contribution in [-0.2, 0) is 14.3 Å². The summed E-state index contributed by atoms with van der Waals surface area (Å²) in [5.41, 5.74) is 0. The van der Waals surface area contributed by atoms with Crippen molar-refractivity contribution in [3.63, 3.8) is 0 Å². The van der Waals surface area contributed by atoms with E-state index in [0.717, 1.165) is 19.3 Å². The zero-order chi connectivity index (χ0) is 16.6. The van der Waals surface area contributed by atoms with Crippen molar-refractivity contribution in [2.75, 3.05) is 33.0 Å². The molecule has 5 nitrogen and oxygen atoms in total. The number of carbonyl (C=O) groups is 1. The summed E-state index contributed by atoms with van der Waals surface area (Å²) in [6, 6.07) is 0. The zero-order valence-corrected chi connectivity index (χ0v) is 13.9. The molecule has 0 atom stereocenters. The third-order valence-corrected chi connectivity index (χ3v) is 1.46. The molecule has 0 aliphatic rings. The Bertz CT molecular complexity index is 150. The highest BCUT2D eigenvalue weighted by Gasteiger charge is 1.86. The molecule has 20 heavy (non-hydrogen) atoms. The monoisotopic (exact) mass is 294 g/mol. The molecule has 0 bridgehead atoms. The van der Waals surface area contributed by atoms with Gasteiger partial charge in [-0.05, 0) is 20.8 Å². The highest BCUT2D eigenvalue weighted by Crippen LogP contribution is 1.76. The molecular weight excluding hydrogens is 260 g/mol. The second-order valence-corrected chi connectivity index (χ2v) is 3.18. The molecule has 0 fully saturated rings. The number of esters is 1. The van der Waals surface area contributed by atoms with Crippen molar-refractivity contribution in [3.8, 4) is 0 Å². The Morgan fingerprint density at radius 3 is 1.40 bits per heavy atom. The summed E-state index contributed by atoms with van der Waals surface area (Å²) >= 11 is 0. The van der Waals surface area contributed by atoms with Gasteiger partial charge in [0.15, 0.2) is 0 Å². The summed E-state index contributed by atoms with van der Waals surface area (Å²) in [6.07, 6.45) is 3.78. The Kier molecular flexibility index (Phi) is 49.6. The third-order valence-electron chi connectivity index (χ3n) is 1.46. The molecule has 124 valence electrons. The van der Waals surface area contributed by atoms with E-state index in [-0.39, 0.29) is 19.2 Å². The summed E-state index contributed by atoms with van der Waals surface area (Å²) in [4.78, 5) is 10.1. The van der Waals surface area contributed by atoms with E-state index >= 15 is 0 Å². The number of unbranched alkanes of at least 4 members (excludes halogenated alkanes) is 1. The second-order valence-electron chi connectivity index (χ2n) is 3.18. The molecule has 0 rings (SSSR count). The SMILES string of the molecule is C=CC(=O)OCC.CCCC.CCOCC.OCCO. The van der Waals surface area contributed by atoms with Crippen molar-refractivity contribution in [1.82, 2.24) is 0 Å². The van der Waals surface area contributed by atoms with E-state index in [1.165, 1.54) is 12.8 Å². The van der Waals surface area contributed by atoms with Crippen molar-refractivity contribution in [3.05, 3.63) is 12.7 Å². The van der Waals surface area contributed by atoms with E-state index in [1.54, 1.807) is 6.92 Å². The molecule has 5 heteroatoms. The maximum atomic E-state index is 10.1. The van der Waals surface area contributed by atoms with Crippen LogP contribution >= 0.6 is 0 Å². The summed E-state index contributed by atoms with van der Waals surface area (Å²) in [7, 11) is 0. The van der Waals surface area contributed by atoms with Gasteiger partial charge in [-0.3, -0.25) is 0 Å². The van der Waals surface area contributed by atoms with Gasteiger partial charge in [0.05, 0.1) is 19.8 Å². The van der Waals surface area contributed by atoms with Crippen LogP contribution in [0, 0.1) is 0 Å². The van der Waals surface area contributed by atoms with Gasteiger partial charge in [-0.2, -0.15) is 0 Å². The van der Waals surface area contributed by atoms with Crippen molar-refractivity contribution in [2.24, 2.45) is 0 Å². The highest BCUT2D eigenvalue weighted by molar-refractivity contribution is 5.81. The minimum atomic E-state index is -0.359. The molecule has 0 aliphatic heterocycles. The van der Waals surface area contributed by atoms with E-state index in [9.17, 15) is 4.79 Å². The van der Waals surface area contributed by atoms with E-state index in [1.807, 2.05) is 13.8 Å². The molecular formula is C15H34O5. The van der Waals surface area contributed by atoms with Crippen molar-refractivity contribution in [2.45, 2.75) is 47.5 Å². The number of hydrogen-bond acceptors (Lipinski definition) is 5. The Morgan fingerprint density at radius 2 is 1.35 bits per heavy atom. The lowest BCUT2D eigenvalue weighted by Crippen LogP contribution is -1.97. The second kappa shape index (κ2) is 36.1. The van der Waals surface area contributed by atoms with Gasteiger partial charge in [0.1, 0.15) is 0 Å². The molecule has 0 aromatic carbocycles. The van der Waals surface area contributed by atoms with Crippen LogP contribution in [0.1, 0.15) is 47.5 Å². The summed E-state index contributed by atoms with van der Waals surface area (Å²) < 4.78 is 9.27. The van der Waals surface area contributed by atoms with Gasteiger partial charge in [-0.25, -0.2) is 4.79 Å². The first-order valence-electron chi connectivity index (χ1n) is 7.14. The number of aliphatic hydroxyl groups excluding tert-OH is 2. The number of carbonyl (C=O) groups excluding carboxylic acids is 1. The zero-order valence-electron chi connectivity index (χ0n) is 13.9. The fourth-order valence-corrected chi connectivity index (χ4v) is 0.405. The Balaban J connectivity index is -0.0000000883. The molecule has 0 saturated carbocycles. The van der Waals surface area contributed by atoms with Crippen LogP contribution in [-0.4, -0.2) is 49.2 Å². The Morgan fingerprint density at radius 1 is 0.950 bits per heavy atom. The molecule has 0 aromatic heterocycles. The van der Waals surface area contributed by atoms with Gasteiger partial charge in [-0.15, -0.1) is 0 Å². The van der Waals surface area contributed by atoms with E-state index < -0.39 is 0 Å². The first-order chi connectivity index (χ1) is 9.55. The van der Waals surface area contributed by atoms with Crippen LogP contribution < -0.4 is 0 Å². The third kappa shape index (κ3) is 67.6. The minimum absolute atomic E-state index is 0.125. The van der Waals surface area contributed by atoms with Crippen LogP contribution in [0.5, 0.6) is 0 Å². The smallest absolute Gasteiger partial charge is 0.330 e. The molecule has 0 spiro atoms. The molecule has 0 unspecified atom stereocenters. The molecule has 0 saturated heterocycles. The lowest BCUT2D eigenvalue weighted by Gasteiger charge is -1.90. The molecule has 0 amide bonds. The first kappa shape index (κ1) is 27.4. The summed E-state index contributed by atoms with van der Waals surface area (Å²) in [6.45, 7) is 15.2. The lowest BCUT2D eigenvalue weighted by molar-refractivity contribution is -0.137. The van der Waals surface area contributed by atoms with Gasteiger partial charge >= 0.3 is 5.97 Å². The van der Waals surface area contributed by atoms with Crippen LogP contribution in [0.15, 0.2) is 12.7 Å². The van der Waals surface area contributed by atoms with Gasteiger partial charge in [0.25, 0.3) is 0 Å². The topological polar surface area (TPSA) is 76.0 Å². The predicted molar refractivity (Wildman–Crippen MR) is 83.8 cm³/mol. The average Bonchev–Trinajstić information content (AvgIpc) is 2.49. The minimum Gasteiger partial charge on any atom is -0.463 e. The first-order valence-corrected chi connectivity index (χ1v) is 7.14. The Hall–Kier alpha value is -0.910. The van der Waals surface area contributed by atoms with Gasteiger partial charge in [0.2, 0.25) is 0 Å². The maximum Gasteiger partial charge on any atom is 0.330 e. The number of ether oxygens (including phenoxy) is 2. The quantitative estimate of drug-likeness (QED) is 0.581. The predicted octanol–water partition coefficient (Wildman–Crippen LogP) is 2.56. The molecule has 2 N–H and O–H groups in total. The number of rotatable bonds is 6. The standard InChI is InChI=1S/C5H8O2.C4H10O.C4H10.C2H6O2/c1-3-5(6)7-4-2;1-3-5-4-2;1-3-4-2;3-1-2-4/h3H,1,4H2,2H3;3-4H2,1-2H3;3-4H2,1-2H3;3-4H,1-2H2. The van der Waals surface area contributed by atoms with E-state index in [2.05, 4.69) is 25.2 Å². The van der Waals surface area contributed by atoms with Crippen molar-refractivity contribution < 1.29 is 24.5 Å². The van der Waals surface area contributed by atoms with E-state index in [0.29, 0.717) is 6.61 Å². The summed E-state index contributed by atoms with van der Waals surface area (Å²) in [5.74, 6) is -0.359. The van der Waals surface area contributed by atoms with Gasteiger partial charge in [-0.1, -0.05) is 33.3 Å². The highest BCUT2D eigenvalue weighted by atomic mass is 16.5. The van der Waals surface area contributed by atoms with E-state index in [4.69, 9.17) is 14.9 Å². The summed E-state index contributed by atoms with van der Waals surface area (Å²) in [5, 5.41) is 15.2. The van der Waals surface area contributed by atoms with Crippen LogP contribution in [0.2, 0.25) is 0 Å². The maximum absolute atomic E-state index is 10.1. The molecule has 0 radical (unpaired) electrons. The molecule has 0 aliphatic carbocycles. The van der Waals surface area contributed by atoms with Gasteiger partial charge in [0, 0.05) is 19.3 Å². The van der Waals surface area contributed by atoms with Crippen LogP contribution in [0.4, 0.5) is 0 Å².